The molecule has 0 aliphatic heterocycles. The predicted molar refractivity (Wildman–Crippen MR) is 93.9 cm³/mol. The Labute approximate surface area is 137 Å². The summed E-state index contributed by atoms with van der Waals surface area (Å²) < 4.78 is 0.922. The summed E-state index contributed by atoms with van der Waals surface area (Å²) in [6, 6.07) is 12.9. The Balaban J connectivity index is 2.30. The Hall–Kier alpha value is -1.72. The van der Waals surface area contributed by atoms with Gasteiger partial charge in [0.2, 0.25) is 0 Å². The van der Waals surface area contributed by atoms with E-state index in [0.717, 1.165) is 21.3 Å². The number of nitrogens with two attached hydrogens (primary N) is 1. The van der Waals surface area contributed by atoms with Gasteiger partial charge in [0.1, 0.15) is 4.99 Å². The lowest BCUT2D eigenvalue weighted by atomic mass is 10.1. The summed E-state index contributed by atoms with van der Waals surface area (Å²) in [6.07, 6.45) is 0. The molecule has 2 N–H and O–H groups in total. The average Bonchev–Trinajstić information content (AvgIpc) is 2.48. The monoisotopic (exact) mass is 362 g/mol. The van der Waals surface area contributed by atoms with Crippen molar-refractivity contribution in [3.8, 4) is 0 Å². The number of anilines is 1. The zero-order chi connectivity index (χ0) is 15.6. The van der Waals surface area contributed by atoms with Gasteiger partial charge in [0.05, 0.1) is 0 Å². The first-order valence-electron chi connectivity index (χ1n) is 6.35. The van der Waals surface area contributed by atoms with Gasteiger partial charge in [0.25, 0.3) is 5.91 Å². The van der Waals surface area contributed by atoms with E-state index in [1.165, 1.54) is 0 Å². The van der Waals surface area contributed by atoms with E-state index in [2.05, 4.69) is 15.9 Å². The lowest BCUT2D eigenvalue weighted by Crippen LogP contribution is -2.27. The first-order valence-corrected chi connectivity index (χ1v) is 7.55. The third-order valence-electron chi connectivity index (χ3n) is 3.34. The summed E-state index contributed by atoms with van der Waals surface area (Å²) in [7, 11) is 1.75. The summed E-state index contributed by atoms with van der Waals surface area (Å²) >= 11 is 8.37. The van der Waals surface area contributed by atoms with Gasteiger partial charge in [-0.3, -0.25) is 4.79 Å². The number of hydrogen-bond acceptors (Lipinski definition) is 2. The number of carbonyl (C=O) groups excluding carboxylic acids is 1. The van der Waals surface area contributed by atoms with Gasteiger partial charge in [0.15, 0.2) is 0 Å². The number of thiocarbonyl (C=S) groups is 1. The molecule has 0 radical (unpaired) electrons. The summed E-state index contributed by atoms with van der Waals surface area (Å²) in [6.45, 7) is 1.92. The van der Waals surface area contributed by atoms with Crippen molar-refractivity contribution in [2.24, 2.45) is 5.73 Å². The molecule has 0 heterocycles. The van der Waals surface area contributed by atoms with Gasteiger partial charge < -0.3 is 10.6 Å². The Morgan fingerprint density at radius 1 is 1.19 bits per heavy atom. The first kappa shape index (κ1) is 15.7. The van der Waals surface area contributed by atoms with E-state index in [1.807, 2.05) is 49.4 Å². The minimum absolute atomic E-state index is 0.0584. The van der Waals surface area contributed by atoms with Gasteiger partial charge >= 0.3 is 0 Å². The Bertz CT molecular complexity index is 698. The van der Waals surface area contributed by atoms with Crippen LogP contribution in [0.4, 0.5) is 5.69 Å². The van der Waals surface area contributed by atoms with Crippen molar-refractivity contribution >= 4 is 44.7 Å². The number of nitrogens with zero attached hydrogens (tertiary/aromatic N) is 1. The Morgan fingerprint density at radius 3 is 2.38 bits per heavy atom. The van der Waals surface area contributed by atoms with Gasteiger partial charge in [-0.15, -0.1) is 0 Å². The molecule has 0 atom stereocenters. The number of carbonyl (C=O) groups is 1. The molecule has 2 aromatic carbocycles. The van der Waals surface area contributed by atoms with Crippen LogP contribution in [0.25, 0.3) is 0 Å². The fourth-order valence-electron chi connectivity index (χ4n) is 1.99. The van der Waals surface area contributed by atoms with Crippen molar-refractivity contribution in [1.82, 2.24) is 0 Å². The fourth-order valence-corrected chi connectivity index (χ4v) is 2.49. The van der Waals surface area contributed by atoms with Gasteiger partial charge in [-0.1, -0.05) is 34.2 Å². The minimum Gasteiger partial charge on any atom is -0.389 e. The highest BCUT2D eigenvalue weighted by Gasteiger charge is 2.16. The van der Waals surface area contributed by atoms with Crippen molar-refractivity contribution in [3.05, 3.63) is 63.6 Å². The highest BCUT2D eigenvalue weighted by Crippen LogP contribution is 2.23. The van der Waals surface area contributed by atoms with Crippen molar-refractivity contribution in [2.45, 2.75) is 6.92 Å². The lowest BCUT2D eigenvalue weighted by molar-refractivity contribution is 0.0992. The van der Waals surface area contributed by atoms with Crippen LogP contribution in [-0.2, 0) is 0 Å². The zero-order valence-corrected chi connectivity index (χ0v) is 14.2. The third kappa shape index (κ3) is 3.31. The molecule has 5 heteroatoms. The second-order valence-corrected chi connectivity index (χ2v) is 5.98. The topological polar surface area (TPSA) is 46.3 Å². The van der Waals surface area contributed by atoms with Crippen LogP contribution in [0.15, 0.2) is 46.9 Å². The van der Waals surface area contributed by atoms with Crippen LogP contribution in [0.2, 0.25) is 0 Å². The molecule has 0 saturated carbocycles. The largest absolute Gasteiger partial charge is 0.389 e. The highest BCUT2D eigenvalue weighted by atomic mass is 79.9. The van der Waals surface area contributed by atoms with Crippen LogP contribution in [0, 0.1) is 6.92 Å². The molecule has 0 aliphatic rings. The number of hydrogen-bond donors (Lipinski definition) is 1. The predicted octanol–water partition coefficient (Wildman–Crippen LogP) is 3.67. The number of halogens is 1. The summed E-state index contributed by atoms with van der Waals surface area (Å²) in [4.78, 5) is 14.5. The molecule has 0 aliphatic carbocycles. The molecule has 108 valence electrons. The fraction of sp³-hybridized carbons (Fsp3) is 0.125. The Morgan fingerprint density at radius 2 is 1.81 bits per heavy atom. The van der Waals surface area contributed by atoms with Gasteiger partial charge in [-0.05, 0) is 48.9 Å². The quantitative estimate of drug-likeness (QED) is 0.847. The van der Waals surface area contributed by atoms with Crippen LogP contribution in [0.1, 0.15) is 21.5 Å². The summed E-state index contributed by atoms with van der Waals surface area (Å²) in [5.41, 5.74) is 8.75. The van der Waals surface area contributed by atoms with E-state index in [0.29, 0.717) is 10.6 Å². The molecule has 0 fully saturated rings. The smallest absolute Gasteiger partial charge is 0.258 e. The second kappa shape index (κ2) is 6.37. The highest BCUT2D eigenvalue weighted by molar-refractivity contribution is 9.10. The minimum atomic E-state index is -0.0584. The number of benzene rings is 2. The molecular weight excluding hydrogens is 348 g/mol. The van der Waals surface area contributed by atoms with Crippen LogP contribution < -0.4 is 10.6 Å². The summed E-state index contributed by atoms with van der Waals surface area (Å²) in [5.74, 6) is -0.0584. The molecular formula is C16H15BrN2OS. The molecule has 2 rings (SSSR count). The van der Waals surface area contributed by atoms with E-state index in [-0.39, 0.29) is 5.91 Å². The summed E-state index contributed by atoms with van der Waals surface area (Å²) in [5, 5.41) is 0. The maximum Gasteiger partial charge on any atom is 0.258 e. The van der Waals surface area contributed by atoms with Crippen molar-refractivity contribution in [3.63, 3.8) is 0 Å². The number of amides is 1. The van der Waals surface area contributed by atoms with E-state index in [4.69, 9.17) is 18.0 Å². The second-order valence-electron chi connectivity index (χ2n) is 4.69. The molecule has 0 bridgehead atoms. The van der Waals surface area contributed by atoms with Gasteiger partial charge in [-0.2, -0.15) is 0 Å². The maximum atomic E-state index is 12.6. The molecule has 1 amide bonds. The zero-order valence-electron chi connectivity index (χ0n) is 11.8. The van der Waals surface area contributed by atoms with Gasteiger partial charge in [-0.25, -0.2) is 0 Å². The standard InChI is InChI=1S/C16H15BrN2OS/c1-10-13(4-3-5-14(10)17)16(20)19(2)12-8-6-11(7-9-12)15(18)21/h3-9H,1-2H3,(H2,18,21). The molecule has 3 nitrogen and oxygen atoms in total. The molecule has 0 aromatic heterocycles. The molecule has 21 heavy (non-hydrogen) atoms. The third-order valence-corrected chi connectivity index (χ3v) is 4.44. The molecule has 2 aromatic rings. The lowest BCUT2D eigenvalue weighted by Gasteiger charge is -2.19. The number of rotatable bonds is 3. The van der Waals surface area contributed by atoms with Crippen LogP contribution >= 0.6 is 28.1 Å². The van der Waals surface area contributed by atoms with Crippen LogP contribution in [0.5, 0.6) is 0 Å². The van der Waals surface area contributed by atoms with Crippen molar-refractivity contribution in [1.29, 1.82) is 0 Å². The van der Waals surface area contributed by atoms with Crippen LogP contribution in [-0.4, -0.2) is 17.9 Å². The van der Waals surface area contributed by atoms with Crippen molar-refractivity contribution in [2.75, 3.05) is 11.9 Å². The van der Waals surface area contributed by atoms with E-state index < -0.39 is 0 Å². The Kier molecular flexibility index (Phi) is 4.75. The average molecular weight is 363 g/mol. The van der Waals surface area contributed by atoms with Crippen LogP contribution in [0.3, 0.4) is 0 Å². The van der Waals surface area contributed by atoms with Gasteiger partial charge in [0, 0.05) is 28.3 Å². The normalized spacial score (nSPS) is 10.2. The molecule has 0 unspecified atom stereocenters. The first-order chi connectivity index (χ1) is 9.91. The molecule has 0 saturated heterocycles. The van der Waals surface area contributed by atoms with Crippen molar-refractivity contribution < 1.29 is 4.79 Å². The van der Waals surface area contributed by atoms with E-state index in [1.54, 1.807) is 11.9 Å². The maximum absolute atomic E-state index is 12.6. The molecule has 0 spiro atoms. The van der Waals surface area contributed by atoms with E-state index in [9.17, 15) is 4.79 Å². The SMILES string of the molecule is Cc1c(Br)cccc1C(=O)N(C)c1ccc(C(N)=S)cc1. The van der Waals surface area contributed by atoms with E-state index >= 15 is 0 Å².